The quantitative estimate of drug-likeness (QED) is 0.727. The number of pyridine rings is 1. The van der Waals surface area contributed by atoms with Gasteiger partial charge in [-0.2, -0.15) is 0 Å². The molecule has 0 aliphatic carbocycles. The van der Waals surface area contributed by atoms with Crippen LogP contribution < -0.4 is 5.32 Å². The molecule has 1 unspecified atom stereocenters. The molecule has 0 spiro atoms. The average molecular weight is 208 g/mol. The Morgan fingerprint density at radius 1 is 1.53 bits per heavy atom. The van der Waals surface area contributed by atoms with E-state index in [0.717, 1.165) is 19.6 Å². The van der Waals surface area contributed by atoms with E-state index in [1.807, 2.05) is 18.5 Å². The van der Waals surface area contributed by atoms with Crippen LogP contribution in [0.4, 0.5) is 0 Å². The van der Waals surface area contributed by atoms with E-state index in [-0.39, 0.29) is 0 Å². The van der Waals surface area contributed by atoms with Gasteiger partial charge in [0.05, 0.1) is 0 Å². The van der Waals surface area contributed by atoms with Gasteiger partial charge in [-0.1, -0.05) is 0 Å². The zero-order valence-corrected chi connectivity index (χ0v) is 9.79. The first-order valence-corrected chi connectivity index (χ1v) is 5.38. The molecule has 1 rings (SSSR count). The van der Waals surface area contributed by atoms with E-state index in [1.165, 1.54) is 11.1 Å². The number of rotatable bonds is 6. The lowest BCUT2D eigenvalue weighted by molar-refractivity contribution is 0.193. The second kappa shape index (κ2) is 6.53. The fraction of sp³-hybridized carbons (Fsp3) is 0.583. The molecule has 1 aromatic rings. The van der Waals surface area contributed by atoms with Gasteiger partial charge in [0.25, 0.3) is 0 Å². The summed E-state index contributed by atoms with van der Waals surface area (Å²) in [5.41, 5.74) is 2.56. The number of hydrogen-bond donors (Lipinski definition) is 1. The van der Waals surface area contributed by atoms with Crippen molar-refractivity contribution >= 4 is 0 Å². The topological polar surface area (TPSA) is 34.1 Å². The summed E-state index contributed by atoms with van der Waals surface area (Å²) in [5, 5.41) is 3.45. The van der Waals surface area contributed by atoms with E-state index >= 15 is 0 Å². The van der Waals surface area contributed by atoms with Crippen molar-refractivity contribution in [2.75, 3.05) is 20.3 Å². The largest absolute Gasteiger partial charge is 0.385 e. The van der Waals surface area contributed by atoms with Gasteiger partial charge in [0, 0.05) is 32.2 Å². The minimum Gasteiger partial charge on any atom is -0.385 e. The summed E-state index contributed by atoms with van der Waals surface area (Å²) in [4.78, 5) is 4.15. The molecule has 3 nitrogen and oxygen atoms in total. The van der Waals surface area contributed by atoms with Crippen LogP contribution in [0.25, 0.3) is 0 Å². The molecule has 1 atom stereocenters. The van der Waals surface area contributed by atoms with E-state index in [1.54, 1.807) is 7.11 Å². The zero-order chi connectivity index (χ0) is 11.1. The molecule has 0 saturated carbocycles. The maximum atomic E-state index is 5.00. The average Bonchev–Trinajstić information content (AvgIpc) is 2.25. The highest BCUT2D eigenvalue weighted by Gasteiger charge is 2.06. The summed E-state index contributed by atoms with van der Waals surface area (Å²) in [6, 6.07) is 2.40. The van der Waals surface area contributed by atoms with Crippen LogP contribution in [0.3, 0.4) is 0 Å². The van der Waals surface area contributed by atoms with E-state index in [4.69, 9.17) is 4.74 Å². The van der Waals surface area contributed by atoms with Crippen molar-refractivity contribution in [3.8, 4) is 0 Å². The molecule has 0 aliphatic heterocycles. The first kappa shape index (κ1) is 12.1. The number of hydrogen-bond acceptors (Lipinski definition) is 3. The van der Waals surface area contributed by atoms with E-state index in [9.17, 15) is 0 Å². The Hall–Kier alpha value is -0.930. The molecule has 0 saturated heterocycles. The Morgan fingerprint density at radius 3 is 3.00 bits per heavy atom. The molecule has 15 heavy (non-hydrogen) atoms. The predicted molar refractivity (Wildman–Crippen MR) is 61.9 cm³/mol. The first-order chi connectivity index (χ1) is 7.25. The maximum Gasteiger partial charge on any atom is 0.0474 e. The Morgan fingerprint density at radius 2 is 2.33 bits per heavy atom. The zero-order valence-electron chi connectivity index (χ0n) is 9.79. The van der Waals surface area contributed by atoms with Crippen molar-refractivity contribution in [1.29, 1.82) is 0 Å². The molecule has 0 fully saturated rings. The molecule has 1 aromatic heterocycles. The van der Waals surface area contributed by atoms with Crippen molar-refractivity contribution in [2.45, 2.75) is 26.3 Å². The highest BCUT2D eigenvalue weighted by atomic mass is 16.5. The smallest absolute Gasteiger partial charge is 0.0474 e. The van der Waals surface area contributed by atoms with Crippen LogP contribution in [0.2, 0.25) is 0 Å². The third kappa shape index (κ3) is 3.98. The van der Waals surface area contributed by atoms with E-state index in [2.05, 4.69) is 24.1 Å². The minimum absolute atomic E-state index is 0.357. The van der Waals surface area contributed by atoms with Gasteiger partial charge in [0.1, 0.15) is 0 Å². The molecular formula is C12H20N2O. The van der Waals surface area contributed by atoms with Crippen LogP contribution in [0.1, 0.15) is 30.5 Å². The van der Waals surface area contributed by atoms with Gasteiger partial charge >= 0.3 is 0 Å². The SMILES string of the molecule is COCCCNC(C)c1cnccc1C. The fourth-order valence-electron chi connectivity index (χ4n) is 1.57. The van der Waals surface area contributed by atoms with E-state index < -0.39 is 0 Å². The Balaban J connectivity index is 2.40. The summed E-state index contributed by atoms with van der Waals surface area (Å²) in [5.74, 6) is 0. The molecule has 0 aliphatic rings. The number of aryl methyl sites for hydroxylation is 1. The lowest BCUT2D eigenvalue weighted by atomic mass is 10.1. The van der Waals surface area contributed by atoms with E-state index in [0.29, 0.717) is 6.04 Å². The van der Waals surface area contributed by atoms with Crippen LogP contribution in [0.5, 0.6) is 0 Å². The second-order valence-corrected chi connectivity index (χ2v) is 3.75. The van der Waals surface area contributed by atoms with Gasteiger partial charge in [0.2, 0.25) is 0 Å². The van der Waals surface area contributed by atoms with Crippen molar-refractivity contribution in [1.82, 2.24) is 10.3 Å². The molecule has 1 N–H and O–H groups in total. The monoisotopic (exact) mass is 208 g/mol. The normalized spacial score (nSPS) is 12.7. The Labute approximate surface area is 91.9 Å². The van der Waals surface area contributed by atoms with Gasteiger partial charge in [0.15, 0.2) is 0 Å². The van der Waals surface area contributed by atoms with Crippen LogP contribution in [0, 0.1) is 6.92 Å². The van der Waals surface area contributed by atoms with Crippen molar-refractivity contribution in [3.63, 3.8) is 0 Å². The standard InChI is InChI=1S/C12H20N2O/c1-10-5-7-13-9-12(10)11(2)14-6-4-8-15-3/h5,7,9,11,14H,4,6,8H2,1-3H3. The Kier molecular flexibility index (Phi) is 5.29. The van der Waals surface area contributed by atoms with Gasteiger partial charge in [-0.25, -0.2) is 0 Å². The molecular weight excluding hydrogens is 188 g/mol. The highest BCUT2D eigenvalue weighted by molar-refractivity contribution is 5.24. The van der Waals surface area contributed by atoms with Crippen molar-refractivity contribution in [2.24, 2.45) is 0 Å². The van der Waals surface area contributed by atoms with Crippen LogP contribution >= 0.6 is 0 Å². The third-order valence-electron chi connectivity index (χ3n) is 2.52. The summed E-state index contributed by atoms with van der Waals surface area (Å²) in [6.45, 7) is 6.07. The molecule has 0 aromatic carbocycles. The number of ether oxygens (including phenoxy) is 1. The minimum atomic E-state index is 0.357. The summed E-state index contributed by atoms with van der Waals surface area (Å²) in [6.07, 6.45) is 4.81. The van der Waals surface area contributed by atoms with Crippen molar-refractivity contribution < 1.29 is 4.74 Å². The van der Waals surface area contributed by atoms with Crippen LogP contribution in [-0.4, -0.2) is 25.2 Å². The second-order valence-electron chi connectivity index (χ2n) is 3.75. The summed E-state index contributed by atoms with van der Waals surface area (Å²) in [7, 11) is 1.73. The first-order valence-electron chi connectivity index (χ1n) is 5.38. The molecule has 0 bridgehead atoms. The predicted octanol–water partition coefficient (Wildman–Crippen LogP) is 2.08. The van der Waals surface area contributed by atoms with Crippen molar-refractivity contribution in [3.05, 3.63) is 29.6 Å². The van der Waals surface area contributed by atoms with Crippen LogP contribution in [0.15, 0.2) is 18.5 Å². The summed E-state index contributed by atoms with van der Waals surface area (Å²) < 4.78 is 5.00. The molecule has 3 heteroatoms. The van der Waals surface area contributed by atoms with Gasteiger partial charge in [-0.05, 0) is 44.0 Å². The molecule has 84 valence electrons. The Bertz CT molecular complexity index is 289. The number of aromatic nitrogens is 1. The molecule has 1 heterocycles. The lowest BCUT2D eigenvalue weighted by Crippen LogP contribution is -2.21. The number of nitrogens with one attached hydrogen (secondary N) is 1. The number of methoxy groups -OCH3 is 1. The lowest BCUT2D eigenvalue weighted by Gasteiger charge is -2.15. The molecule has 0 amide bonds. The van der Waals surface area contributed by atoms with Gasteiger partial charge < -0.3 is 10.1 Å². The third-order valence-corrected chi connectivity index (χ3v) is 2.52. The maximum absolute atomic E-state index is 5.00. The van der Waals surface area contributed by atoms with Gasteiger partial charge in [-0.15, -0.1) is 0 Å². The summed E-state index contributed by atoms with van der Waals surface area (Å²) >= 11 is 0. The van der Waals surface area contributed by atoms with Gasteiger partial charge in [-0.3, -0.25) is 4.98 Å². The fourth-order valence-corrected chi connectivity index (χ4v) is 1.57. The highest BCUT2D eigenvalue weighted by Crippen LogP contribution is 2.14. The van der Waals surface area contributed by atoms with Crippen LogP contribution in [-0.2, 0) is 4.74 Å². The molecule has 0 radical (unpaired) electrons. The number of nitrogens with zero attached hydrogens (tertiary/aromatic N) is 1.